The van der Waals surface area contributed by atoms with E-state index in [4.69, 9.17) is 0 Å². The lowest BCUT2D eigenvalue weighted by molar-refractivity contribution is -0.139. The Labute approximate surface area is 136 Å². The van der Waals surface area contributed by atoms with Crippen molar-refractivity contribution in [1.82, 2.24) is 13.8 Å². The molecule has 0 saturated carbocycles. The Morgan fingerprint density at radius 1 is 1.17 bits per heavy atom. The Balaban J connectivity index is 2.07. The van der Waals surface area contributed by atoms with Gasteiger partial charge in [0.15, 0.2) is 0 Å². The van der Waals surface area contributed by atoms with E-state index in [-0.39, 0.29) is 26.2 Å². The molecule has 0 atom stereocenters. The predicted octanol–water partition coefficient (Wildman–Crippen LogP) is -0.0291. The number of halogens is 3. The number of sulfonamides is 1. The van der Waals surface area contributed by atoms with E-state index in [1.807, 2.05) is 0 Å². The van der Waals surface area contributed by atoms with Crippen LogP contribution in [0.3, 0.4) is 0 Å². The normalized spacial score (nSPS) is 17.1. The average Bonchev–Trinajstić information content (AvgIpc) is 2.47. The number of rotatable bonds is 3. The molecule has 24 heavy (non-hydrogen) atoms. The predicted molar refractivity (Wildman–Crippen MR) is 78.7 cm³/mol. The van der Waals surface area contributed by atoms with Gasteiger partial charge in [-0.3, -0.25) is 9.59 Å². The molecular weight excluding hydrogens is 351 g/mol. The van der Waals surface area contributed by atoms with E-state index >= 15 is 0 Å². The van der Waals surface area contributed by atoms with Crippen LogP contribution in [0.4, 0.5) is 13.2 Å². The zero-order valence-corrected chi connectivity index (χ0v) is 13.6. The van der Waals surface area contributed by atoms with Crippen LogP contribution in [0.1, 0.15) is 5.56 Å². The molecule has 0 aliphatic carbocycles. The summed E-state index contributed by atoms with van der Waals surface area (Å²) in [6.45, 7) is -0.0506. The minimum absolute atomic E-state index is 0.113. The van der Waals surface area contributed by atoms with Crippen molar-refractivity contribution in [3.05, 3.63) is 34.2 Å². The maximum Gasteiger partial charge on any atom is 0.417 e. The number of pyridine rings is 1. The van der Waals surface area contributed by atoms with Gasteiger partial charge in [-0.2, -0.15) is 17.5 Å². The Bertz CT molecular complexity index is 780. The van der Waals surface area contributed by atoms with Crippen LogP contribution >= 0.6 is 0 Å². The lowest BCUT2D eigenvalue weighted by Crippen LogP contribution is -2.51. The van der Waals surface area contributed by atoms with Crippen LogP contribution in [0.15, 0.2) is 23.1 Å². The minimum Gasteiger partial charge on any atom is -0.339 e. The van der Waals surface area contributed by atoms with Crippen LogP contribution in [0, 0.1) is 0 Å². The van der Waals surface area contributed by atoms with Crippen LogP contribution < -0.4 is 5.56 Å². The molecule has 1 saturated heterocycles. The van der Waals surface area contributed by atoms with E-state index in [9.17, 15) is 31.2 Å². The Morgan fingerprint density at radius 2 is 1.75 bits per heavy atom. The van der Waals surface area contributed by atoms with Gasteiger partial charge in [0.05, 0.1) is 11.8 Å². The molecule has 0 radical (unpaired) electrons. The monoisotopic (exact) mass is 367 g/mol. The number of hydrogen-bond acceptors (Lipinski definition) is 4. The molecule has 2 rings (SSSR count). The summed E-state index contributed by atoms with van der Waals surface area (Å²) in [5.41, 5.74) is -1.73. The van der Waals surface area contributed by atoms with E-state index in [0.717, 1.165) is 12.3 Å². The summed E-state index contributed by atoms with van der Waals surface area (Å²) in [7, 11) is -3.35. The van der Waals surface area contributed by atoms with Gasteiger partial charge in [-0.15, -0.1) is 0 Å². The van der Waals surface area contributed by atoms with E-state index in [0.29, 0.717) is 16.8 Å². The second-order valence-electron chi connectivity index (χ2n) is 5.42. The average molecular weight is 367 g/mol. The molecule has 1 aromatic rings. The second kappa shape index (κ2) is 6.55. The lowest BCUT2D eigenvalue weighted by atomic mass is 10.2. The Kier molecular flexibility index (Phi) is 5.04. The van der Waals surface area contributed by atoms with Crippen molar-refractivity contribution in [1.29, 1.82) is 0 Å². The fourth-order valence-electron chi connectivity index (χ4n) is 2.34. The molecule has 0 bridgehead atoms. The first-order valence-electron chi connectivity index (χ1n) is 6.99. The van der Waals surface area contributed by atoms with Crippen molar-refractivity contribution >= 4 is 15.9 Å². The zero-order valence-electron chi connectivity index (χ0n) is 12.8. The highest BCUT2D eigenvalue weighted by molar-refractivity contribution is 7.88. The first-order chi connectivity index (χ1) is 11.0. The van der Waals surface area contributed by atoms with Gasteiger partial charge in [-0.05, 0) is 6.07 Å². The molecule has 134 valence electrons. The highest BCUT2D eigenvalue weighted by Crippen LogP contribution is 2.28. The third-order valence-corrected chi connectivity index (χ3v) is 4.98. The number of carbonyl (C=O) groups excluding carboxylic acids is 1. The third kappa shape index (κ3) is 4.35. The van der Waals surface area contributed by atoms with E-state index in [2.05, 4.69) is 0 Å². The third-order valence-electron chi connectivity index (χ3n) is 3.68. The molecule has 0 aromatic carbocycles. The summed E-state index contributed by atoms with van der Waals surface area (Å²) in [6.07, 6.45) is -2.95. The molecule has 1 amide bonds. The van der Waals surface area contributed by atoms with Crippen LogP contribution in [0.2, 0.25) is 0 Å². The number of hydrogen-bond donors (Lipinski definition) is 0. The fraction of sp³-hybridized carbons (Fsp3) is 0.538. The molecule has 2 heterocycles. The van der Waals surface area contributed by atoms with Crippen LogP contribution in [-0.4, -0.2) is 60.5 Å². The van der Waals surface area contributed by atoms with Crippen molar-refractivity contribution < 1.29 is 26.4 Å². The van der Waals surface area contributed by atoms with Gasteiger partial charge in [-0.1, -0.05) is 0 Å². The number of carbonyl (C=O) groups is 1. The standard InChI is InChI=1S/C13H16F3N3O4S/c1-24(22,23)19-6-4-17(5-7-19)12(21)9-18-8-10(13(14,15)16)2-3-11(18)20/h2-3,8H,4-7,9H2,1H3. The molecule has 7 nitrogen and oxygen atoms in total. The van der Waals surface area contributed by atoms with Crippen molar-refractivity contribution in [2.45, 2.75) is 12.7 Å². The number of amides is 1. The van der Waals surface area contributed by atoms with Crippen molar-refractivity contribution in [2.75, 3.05) is 32.4 Å². The van der Waals surface area contributed by atoms with E-state index < -0.39 is 39.8 Å². The topological polar surface area (TPSA) is 79.7 Å². The molecule has 1 aromatic heterocycles. The SMILES string of the molecule is CS(=O)(=O)N1CCN(C(=O)Cn2cc(C(F)(F)F)ccc2=O)CC1. The maximum atomic E-state index is 12.7. The largest absolute Gasteiger partial charge is 0.417 e. The zero-order chi connectivity index (χ0) is 18.1. The summed E-state index contributed by atoms with van der Waals surface area (Å²) in [5, 5.41) is 0. The fourth-order valence-corrected chi connectivity index (χ4v) is 3.16. The first kappa shape index (κ1) is 18.5. The van der Waals surface area contributed by atoms with Gasteiger partial charge < -0.3 is 9.47 Å². The number of nitrogens with zero attached hydrogens (tertiary/aromatic N) is 3. The van der Waals surface area contributed by atoms with Crippen LogP contribution in [0.5, 0.6) is 0 Å². The van der Waals surface area contributed by atoms with Crippen molar-refractivity contribution in [3.63, 3.8) is 0 Å². The van der Waals surface area contributed by atoms with E-state index in [1.165, 1.54) is 9.21 Å². The highest BCUT2D eigenvalue weighted by atomic mass is 32.2. The van der Waals surface area contributed by atoms with Gasteiger partial charge in [0.2, 0.25) is 15.9 Å². The number of alkyl halides is 3. The molecule has 1 aliphatic heterocycles. The van der Waals surface area contributed by atoms with E-state index in [1.54, 1.807) is 0 Å². The quantitative estimate of drug-likeness (QED) is 0.752. The summed E-state index contributed by atoms with van der Waals surface area (Å²) in [6, 6.07) is 1.42. The van der Waals surface area contributed by atoms with Crippen LogP contribution in [-0.2, 0) is 27.5 Å². The molecule has 11 heteroatoms. The molecule has 0 N–H and O–H groups in total. The summed E-state index contributed by atoms with van der Waals surface area (Å²) in [4.78, 5) is 25.1. The maximum absolute atomic E-state index is 12.7. The second-order valence-corrected chi connectivity index (χ2v) is 7.41. The Morgan fingerprint density at radius 3 is 2.25 bits per heavy atom. The number of aromatic nitrogens is 1. The molecule has 0 spiro atoms. The lowest BCUT2D eigenvalue weighted by Gasteiger charge is -2.33. The highest BCUT2D eigenvalue weighted by Gasteiger charge is 2.31. The van der Waals surface area contributed by atoms with Gasteiger partial charge in [-0.25, -0.2) is 8.42 Å². The summed E-state index contributed by atoms with van der Waals surface area (Å²) < 4.78 is 62.7. The van der Waals surface area contributed by atoms with Gasteiger partial charge in [0, 0.05) is 38.4 Å². The van der Waals surface area contributed by atoms with Gasteiger partial charge in [0.25, 0.3) is 5.56 Å². The van der Waals surface area contributed by atoms with Gasteiger partial charge >= 0.3 is 6.18 Å². The molecule has 1 fully saturated rings. The molecular formula is C13H16F3N3O4S. The summed E-state index contributed by atoms with van der Waals surface area (Å²) >= 11 is 0. The van der Waals surface area contributed by atoms with Crippen LogP contribution in [0.25, 0.3) is 0 Å². The number of piperazine rings is 1. The summed E-state index contributed by atoms with van der Waals surface area (Å²) in [5.74, 6) is -0.537. The van der Waals surface area contributed by atoms with Gasteiger partial charge in [0.1, 0.15) is 6.54 Å². The first-order valence-corrected chi connectivity index (χ1v) is 8.84. The smallest absolute Gasteiger partial charge is 0.339 e. The minimum atomic E-state index is -4.61. The Hall–Kier alpha value is -1.88. The van der Waals surface area contributed by atoms with Crippen molar-refractivity contribution in [2.24, 2.45) is 0 Å². The molecule has 0 unspecified atom stereocenters. The van der Waals surface area contributed by atoms with Crippen molar-refractivity contribution in [3.8, 4) is 0 Å². The molecule has 1 aliphatic rings.